The van der Waals surface area contributed by atoms with E-state index >= 15 is 0 Å². The molecule has 1 amide bonds. The van der Waals surface area contributed by atoms with E-state index in [4.69, 9.17) is 4.74 Å². The molecule has 32 heavy (non-hydrogen) atoms. The minimum atomic E-state index is -3.77. The van der Waals surface area contributed by atoms with E-state index in [0.717, 1.165) is 30.3 Å². The van der Waals surface area contributed by atoms with Crippen molar-refractivity contribution in [2.75, 3.05) is 5.32 Å². The molecule has 4 rings (SSSR count). The average molecular weight is 449 g/mol. The molecule has 0 saturated heterocycles. The number of ether oxygens (including phenoxy) is 3. The molecule has 1 aliphatic rings. The summed E-state index contributed by atoms with van der Waals surface area (Å²) in [5.41, 5.74) is 0.154. The van der Waals surface area contributed by atoms with Crippen LogP contribution in [0.4, 0.5) is 27.6 Å². The number of carbonyl (C=O) groups is 1. The quantitative estimate of drug-likeness (QED) is 0.391. The van der Waals surface area contributed by atoms with Crippen LogP contribution in [0.2, 0.25) is 0 Å². The van der Waals surface area contributed by atoms with E-state index in [2.05, 4.69) is 14.8 Å². The first-order valence-electron chi connectivity index (χ1n) is 9.00. The maximum Gasteiger partial charge on any atom is 0.586 e. The van der Waals surface area contributed by atoms with Crippen LogP contribution in [0, 0.1) is 17.5 Å². The number of anilines is 1. The predicted molar refractivity (Wildman–Crippen MR) is 103 cm³/mol. The monoisotopic (exact) mass is 449 g/mol. The Kier molecular flexibility index (Phi) is 5.43. The van der Waals surface area contributed by atoms with Crippen LogP contribution in [0.15, 0.2) is 60.7 Å². The van der Waals surface area contributed by atoms with Crippen molar-refractivity contribution in [2.24, 2.45) is 0 Å². The summed E-state index contributed by atoms with van der Waals surface area (Å²) in [5, 5.41) is 2.34. The number of amides is 1. The van der Waals surface area contributed by atoms with E-state index in [1.807, 2.05) is 0 Å². The lowest BCUT2D eigenvalue weighted by molar-refractivity contribution is -0.286. The summed E-state index contributed by atoms with van der Waals surface area (Å²) in [7, 11) is 0. The highest BCUT2D eigenvalue weighted by Crippen LogP contribution is 2.41. The van der Waals surface area contributed by atoms with Gasteiger partial charge in [-0.05, 0) is 60.2 Å². The summed E-state index contributed by atoms with van der Waals surface area (Å²) in [5.74, 6) is -4.82. The third-order valence-electron chi connectivity index (χ3n) is 4.19. The maximum atomic E-state index is 14.3. The molecule has 0 aromatic heterocycles. The number of rotatable bonds is 5. The molecule has 10 heteroatoms. The SMILES string of the molecule is O=C(/C=C/c1ccc2c(c1)OC(F)(F)O2)Nc1ccc(F)c(F)c1Oc1ccc(F)cc1. The van der Waals surface area contributed by atoms with Gasteiger partial charge in [0.05, 0.1) is 5.69 Å². The summed E-state index contributed by atoms with van der Waals surface area (Å²) >= 11 is 0. The van der Waals surface area contributed by atoms with Crippen molar-refractivity contribution in [1.82, 2.24) is 0 Å². The fourth-order valence-corrected chi connectivity index (χ4v) is 2.77. The number of fused-ring (bicyclic) bond motifs is 1. The Labute approximate surface area is 177 Å². The lowest BCUT2D eigenvalue weighted by atomic mass is 10.2. The van der Waals surface area contributed by atoms with Crippen LogP contribution in [0.5, 0.6) is 23.0 Å². The fourth-order valence-electron chi connectivity index (χ4n) is 2.77. The number of carbonyl (C=O) groups excluding carboxylic acids is 1. The first-order valence-corrected chi connectivity index (χ1v) is 9.00. The molecular weight excluding hydrogens is 437 g/mol. The number of benzene rings is 3. The Morgan fingerprint density at radius 1 is 0.938 bits per heavy atom. The number of hydrogen-bond donors (Lipinski definition) is 1. The lowest BCUT2D eigenvalue weighted by Gasteiger charge is -2.13. The molecule has 3 aromatic carbocycles. The van der Waals surface area contributed by atoms with E-state index in [1.165, 1.54) is 36.4 Å². The Hall–Kier alpha value is -4.08. The number of nitrogens with one attached hydrogen (secondary N) is 1. The summed E-state index contributed by atoms with van der Waals surface area (Å²) in [6.45, 7) is 0. The zero-order valence-electron chi connectivity index (χ0n) is 15.9. The van der Waals surface area contributed by atoms with Crippen molar-refractivity contribution in [2.45, 2.75) is 6.29 Å². The molecule has 1 aliphatic heterocycles. The van der Waals surface area contributed by atoms with Gasteiger partial charge in [0, 0.05) is 6.08 Å². The van der Waals surface area contributed by atoms with E-state index in [0.29, 0.717) is 5.56 Å². The van der Waals surface area contributed by atoms with Gasteiger partial charge in [-0.1, -0.05) is 6.07 Å². The average Bonchev–Trinajstić information content (AvgIpc) is 3.06. The molecule has 0 radical (unpaired) electrons. The molecule has 0 saturated carbocycles. The Morgan fingerprint density at radius 2 is 1.66 bits per heavy atom. The normalized spacial score (nSPS) is 13.9. The van der Waals surface area contributed by atoms with Crippen LogP contribution in [0.25, 0.3) is 6.08 Å². The van der Waals surface area contributed by atoms with Gasteiger partial charge >= 0.3 is 6.29 Å². The molecule has 3 aromatic rings. The largest absolute Gasteiger partial charge is 0.586 e. The Morgan fingerprint density at radius 3 is 2.41 bits per heavy atom. The van der Waals surface area contributed by atoms with Gasteiger partial charge in [-0.3, -0.25) is 4.79 Å². The van der Waals surface area contributed by atoms with E-state index in [1.54, 1.807) is 0 Å². The standard InChI is InChI=1S/C22H12F5NO4/c23-13-3-5-14(6-4-13)30-21-16(8-7-15(24)20(21)25)28-19(29)10-2-12-1-9-17-18(11-12)32-22(26,27)31-17/h1-11H,(H,28,29)/b10-2+. The van der Waals surface area contributed by atoms with Gasteiger partial charge in [-0.15, -0.1) is 8.78 Å². The highest BCUT2D eigenvalue weighted by Gasteiger charge is 2.43. The second kappa shape index (κ2) is 8.22. The molecule has 0 spiro atoms. The number of halogens is 5. The molecule has 1 N–H and O–H groups in total. The first-order chi connectivity index (χ1) is 15.2. The van der Waals surface area contributed by atoms with Crippen molar-refractivity contribution < 1.29 is 41.0 Å². The van der Waals surface area contributed by atoms with Crippen LogP contribution < -0.4 is 19.5 Å². The molecule has 0 aliphatic carbocycles. The van der Waals surface area contributed by atoms with Gasteiger partial charge in [-0.25, -0.2) is 8.78 Å². The van der Waals surface area contributed by atoms with Crippen molar-refractivity contribution in [3.8, 4) is 23.0 Å². The van der Waals surface area contributed by atoms with Crippen LogP contribution in [-0.2, 0) is 4.79 Å². The van der Waals surface area contributed by atoms with E-state index in [-0.39, 0.29) is 22.9 Å². The summed E-state index contributed by atoms with van der Waals surface area (Å²) in [6.07, 6.45) is -1.44. The van der Waals surface area contributed by atoms with Crippen LogP contribution in [-0.4, -0.2) is 12.2 Å². The van der Waals surface area contributed by atoms with Gasteiger partial charge in [0.25, 0.3) is 0 Å². The van der Waals surface area contributed by atoms with Crippen molar-refractivity contribution in [3.05, 3.63) is 83.7 Å². The Balaban J connectivity index is 1.51. The summed E-state index contributed by atoms with van der Waals surface area (Å²) in [6, 6.07) is 10.3. The predicted octanol–water partition coefficient (Wildman–Crippen LogP) is 5.87. The highest BCUT2D eigenvalue weighted by molar-refractivity contribution is 6.02. The van der Waals surface area contributed by atoms with Crippen molar-refractivity contribution >= 4 is 17.7 Å². The summed E-state index contributed by atoms with van der Waals surface area (Å²) in [4.78, 5) is 12.3. The molecule has 0 unspecified atom stereocenters. The van der Waals surface area contributed by atoms with Gasteiger partial charge in [0.15, 0.2) is 23.1 Å². The zero-order valence-corrected chi connectivity index (χ0v) is 15.9. The molecule has 0 atom stereocenters. The van der Waals surface area contributed by atoms with Crippen molar-refractivity contribution in [1.29, 1.82) is 0 Å². The third kappa shape index (κ3) is 4.64. The molecule has 0 bridgehead atoms. The lowest BCUT2D eigenvalue weighted by Crippen LogP contribution is -2.25. The van der Waals surface area contributed by atoms with Gasteiger partial charge in [0.2, 0.25) is 11.7 Å². The summed E-state index contributed by atoms with van der Waals surface area (Å²) < 4.78 is 81.1. The first kappa shape index (κ1) is 21.2. The Bertz CT molecular complexity index is 1210. The smallest absolute Gasteiger partial charge is 0.452 e. The molecular formula is C22H12F5NO4. The molecule has 5 nitrogen and oxygen atoms in total. The van der Waals surface area contributed by atoms with Crippen LogP contribution >= 0.6 is 0 Å². The minimum absolute atomic E-state index is 0.0131. The fraction of sp³-hybridized carbons (Fsp3) is 0.0455. The molecule has 1 heterocycles. The molecule has 0 fully saturated rings. The second-order valence-electron chi connectivity index (χ2n) is 6.49. The number of hydrogen-bond acceptors (Lipinski definition) is 4. The van der Waals surface area contributed by atoms with Gasteiger partial charge in [-0.2, -0.15) is 4.39 Å². The third-order valence-corrected chi connectivity index (χ3v) is 4.19. The second-order valence-corrected chi connectivity index (χ2v) is 6.49. The minimum Gasteiger partial charge on any atom is -0.452 e. The van der Waals surface area contributed by atoms with Gasteiger partial charge < -0.3 is 19.5 Å². The highest BCUT2D eigenvalue weighted by atomic mass is 19.3. The van der Waals surface area contributed by atoms with Gasteiger partial charge in [0.1, 0.15) is 11.6 Å². The van der Waals surface area contributed by atoms with Crippen molar-refractivity contribution in [3.63, 3.8) is 0 Å². The number of alkyl halides is 2. The maximum absolute atomic E-state index is 14.3. The van der Waals surface area contributed by atoms with Crippen LogP contribution in [0.3, 0.4) is 0 Å². The zero-order chi connectivity index (χ0) is 22.9. The van der Waals surface area contributed by atoms with E-state index in [9.17, 15) is 26.7 Å². The topological polar surface area (TPSA) is 56.8 Å². The van der Waals surface area contributed by atoms with E-state index < -0.39 is 35.4 Å². The molecule has 164 valence electrons. The van der Waals surface area contributed by atoms with Crippen LogP contribution in [0.1, 0.15) is 5.56 Å².